The summed E-state index contributed by atoms with van der Waals surface area (Å²) in [6.07, 6.45) is 2.26. The van der Waals surface area contributed by atoms with Crippen molar-refractivity contribution in [3.63, 3.8) is 0 Å². The minimum atomic E-state index is -0.298. The van der Waals surface area contributed by atoms with Gasteiger partial charge in [0.15, 0.2) is 0 Å². The van der Waals surface area contributed by atoms with Crippen LogP contribution in [0, 0.1) is 25.6 Å². The topological polar surface area (TPSA) is 54.8 Å². The molecule has 1 aromatic carbocycles. The van der Waals surface area contributed by atoms with Crippen molar-refractivity contribution >= 4 is 11.8 Å². The highest BCUT2D eigenvalue weighted by Gasteiger charge is 2.42. The first-order chi connectivity index (χ1) is 15.4. The molecule has 2 aliphatic rings. The molecule has 0 aliphatic carbocycles. The number of ether oxygens (including phenoxy) is 1. The van der Waals surface area contributed by atoms with Crippen molar-refractivity contribution in [2.24, 2.45) is 5.92 Å². The lowest BCUT2D eigenvalue weighted by atomic mass is 9.98. The van der Waals surface area contributed by atoms with Crippen molar-refractivity contribution in [1.29, 1.82) is 0 Å². The average molecular weight is 442 g/mol. The molecule has 32 heavy (non-hydrogen) atoms. The summed E-state index contributed by atoms with van der Waals surface area (Å²) in [5.74, 6) is 0.0612. The Labute approximate surface area is 188 Å². The van der Waals surface area contributed by atoms with Gasteiger partial charge in [0.1, 0.15) is 5.82 Å². The summed E-state index contributed by atoms with van der Waals surface area (Å²) in [6, 6.07) is 8.35. The molecule has 0 bridgehead atoms. The zero-order valence-corrected chi connectivity index (χ0v) is 19.1. The number of aryl methyl sites for hydroxylation is 1. The maximum atomic E-state index is 13.7. The predicted molar refractivity (Wildman–Crippen MR) is 120 cm³/mol. The third-order valence-electron chi connectivity index (χ3n) is 6.94. The van der Waals surface area contributed by atoms with Gasteiger partial charge in [-0.05, 0) is 56.4 Å². The van der Waals surface area contributed by atoms with Crippen LogP contribution in [0.4, 0.5) is 4.39 Å². The van der Waals surface area contributed by atoms with Crippen molar-refractivity contribution in [3.05, 3.63) is 58.7 Å². The Hall–Kier alpha value is -2.67. The van der Waals surface area contributed by atoms with E-state index in [2.05, 4.69) is 4.57 Å². The Balaban J connectivity index is 1.54. The first kappa shape index (κ1) is 22.5. The molecule has 4 rings (SSSR count). The average Bonchev–Trinajstić information content (AvgIpc) is 3.26. The van der Waals surface area contributed by atoms with Crippen LogP contribution in [0.25, 0.3) is 0 Å². The summed E-state index contributed by atoms with van der Waals surface area (Å²) in [6.45, 7) is 6.84. The Bertz CT molecular complexity index is 1000. The molecule has 0 unspecified atom stereocenters. The number of fused-ring (bicyclic) bond motifs is 1. The molecule has 0 radical (unpaired) electrons. The maximum absolute atomic E-state index is 13.7. The van der Waals surface area contributed by atoms with Gasteiger partial charge in [-0.15, -0.1) is 0 Å². The minimum absolute atomic E-state index is 0.0213. The van der Waals surface area contributed by atoms with Crippen LogP contribution in [-0.4, -0.2) is 59.0 Å². The van der Waals surface area contributed by atoms with E-state index in [1.165, 1.54) is 12.1 Å². The summed E-state index contributed by atoms with van der Waals surface area (Å²) in [5.41, 5.74) is 3.49. The van der Waals surface area contributed by atoms with Gasteiger partial charge >= 0.3 is 0 Å². The van der Waals surface area contributed by atoms with Crippen LogP contribution in [0.3, 0.4) is 0 Å². The molecule has 3 heterocycles. The van der Waals surface area contributed by atoms with E-state index in [1.54, 1.807) is 13.2 Å². The zero-order valence-electron chi connectivity index (χ0n) is 19.1. The van der Waals surface area contributed by atoms with Crippen molar-refractivity contribution < 1.29 is 18.7 Å². The number of carbonyl (C=O) groups is 2. The molecule has 2 saturated heterocycles. The SMILES string of the molecule is COCCn1c(C)cc(C(=O)N2C[C@H]3CCCC(=O)N(Cc4cccc(F)c4)[C@H]3C2)c1C. The monoisotopic (exact) mass is 441 g/mol. The molecule has 2 fully saturated rings. The van der Waals surface area contributed by atoms with E-state index in [4.69, 9.17) is 4.74 Å². The molecule has 172 valence electrons. The van der Waals surface area contributed by atoms with E-state index < -0.39 is 0 Å². The third-order valence-corrected chi connectivity index (χ3v) is 6.94. The second-order valence-electron chi connectivity index (χ2n) is 9.01. The first-order valence-corrected chi connectivity index (χ1v) is 11.4. The number of methoxy groups -OCH3 is 1. The number of carbonyl (C=O) groups excluding carboxylic acids is 2. The summed E-state index contributed by atoms with van der Waals surface area (Å²) < 4.78 is 21.0. The fraction of sp³-hybridized carbons (Fsp3) is 0.520. The highest BCUT2D eigenvalue weighted by molar-refractivity contribution is 5.96. The molecule has 1 aromatic heterocycles. The summed E-state index contributed by atoms with van der Waals surface area (Å²) in [4.78, 5) is 30.1. The number of hydrogen-bond acceptors (Lipinski definition) is 3. The van der Waals surface area contributed by atoms with Crippen LogP contribution < -0.4 is 0 Å². The molecule has 0 N–H and O–H groups in total. The molecule has 2 amide bonds. The second kappa shape index (κ2) is 9.45. The number of aromatic nitrogens is 1. The van der Waals surface area contributed by atoms with Gasteiger partial charge in [-0.2, -0.15) is 0 Å². The lowest BCUT2D eigenvalue weighted by Crippen LogP contribution is -2.43. The molecular weight excluding hydrogens is 409 g/mol. The van der Waals surface area contributed by atoms with Gasteiger partial charge in [-0.1, -0.05) is 12.1 Å². The predicted octanol–water partition coefficient (Wildman–Crippen LogP) is 3.54. The number of likely N-dealkylation sites (tertiary alicyclic amines) is 2. The quantitative estimate of drug-likeness (QED) is 0.689. The Morgan fingerprint density at radius 3 is 2.78 bits per heavy atom. The highest BCUT2D eigenvalue weighted by Crippen LogP contribution is 2.33. The van der Waals surface area contributed by atoms with Crippen molar-refractivity contribution in [2.75, 3.05) is 26.8 Å². The van der Waals surface area contributed by atoms with E-state index in [0.29, 0.717) is 39.2 Å². The number of benzene rings is 1. The van der Waals surface area contributed by atoms with Gasteiger partial charge in [0.25, 0.3) is 5.91 Å². The van der Waals surface area contributed by atoms with E-state index >= 15 is 0 Å². The normalized spacial score (nSPS) is 21.1. The van der Waals surface area contributed by atoms with E-state index in [1.807, 2.05) is 35.8 Å². The number of hydrogen-bond donors (Lipinski definition) is 0. The van der Waals surface area contributed by atoms with Crippen LogP contribution in [0.15, 0.2) is 30.3 Å². The summed E-state index contributed by atoms with van der Waals surface area (Å²) >= 11 is 0. The van der Waals surface area contributed by atoms with Gasteiger partial charge in [0.2, 0.25) is 5.91 Å². The standard InChI is InChI=1S/C25H32FN3O3/c1-17-12-22(18(2)28(17)10-11-32-3)25(31)27-15-20-7-5-9-24(30)29(23(20)16-27)14-19-6-4-8-21(26)13-19/h4,6,8,12-13,20,23H,5,7,9-11,14-16H2,1-3H3/t20-,23+/m1/s1. The molecule has 2 aromatic rings. The Morgan fingerprint density at radius 2 is 2.03 bits per heavy atom. The molecule has 6 nitrogen and oxygen atoms in total. The van der Waals surface area contributed by atoms with Crippen LogP contribution in [0.2, 0.25) is 0 Å². The van der Waals surface area contributed by atoms with Crippen LogP contribution in [-0.2, 0) is 22.6 Å². The van der Waals surface area contributed by atoms with E-state index in [9.17, 15) is 14.0 Å². The fourth-order valence-corrected chi connectivity index (χ4v) is 5.25. The lowest BCUT2D eigenvalue weighted by molar-refractivity contribution is -0.133. The van der Waals surface area contributed by atoms with Crippen LogP contribution in [0.1, 0.15) is 46.6 Å². The molecule has 2 aliphatic heterocycles. The van der Waals surface area contributed by atoms with Gasteiger partial charge in [-0.25, -0.2) is 4.39 Å². The van der Waals surface area contributed by atoms with Gasteiger partial charge in [-0.3, -0.25) is 9.59 Å². The minimum Gasteiger partial charge on any atom is -0.383 e. The van der Waals surface area contributed by atoms with E-state index in [-0.39, 0.29) is 29.6 Å². The summed E-state index contributed by atoms with van der Waals surface area (Å²) in [5, 5.41) is 0. The molecule has 0 spiro atoms. The molecule has 0 saturated carbocycles. The number of rotatable bonds is 6. The Kier molecular flexibility index (Phi) is 6.65. The second-order valence-corrected chi connectivity index (χ2v) is 9.01. The molecule has 2 atom stereocenters. The molecular formula is C25H32FN3O3. The van der Waals surface area contributed by atoms with Gasteiger partial charge < -0.3 is 19.1 Å². The largest absolute Gasteiger partial charge is 0.383 e. The fourth-order valence-electron chi connectivity index (χ4n) is 5.25. The van der Waals surface area contributed by atoms with Crippen molar-refractivity contribution in [2.45, 2.75) is 52.2 Å². The van der Waals surface area contributed by atoms with Crippen molar-refractivity contribution in [3.8, 4) is 0 Å². The maximum Gasteiger partial charge on any atom is 0.255 e. The third kappa shape index (κ3) is 4.44. The lowest BCUT2D eigenvalue weighted by Gasteiger charge is -2.30. The van der Waals surface area contributed by atoms with Crippen LogP contribution >= 0.6 is 0 Å². The zero-order chi connectivity index (χ0) is 22.8. The highest BCUT2D eigenvalue weighted by atomic mass is 19.1. The first-order valence-electron chi connectivity index (χ1n) is 11.4. The van der Waals surface area contributed by atoms with Crippen molar-refractivity contribution in [1.82, 2.24) is 14.4 Å². The molecule has 7 heteroatoms. The van der Waals surface area contributed by atoms with Crippen LogP contribution in [0.5, 0.6) is 0 Å². The van der Waals surface area contributed by atoms with Gasteiger partial charge in [0, 0.05) is 51.1 Å². The van der Waals surface area contributed by atoms with Gasteiger partial charge in [0.05, 0.1) is 18.2 Å². The number of halogens is 1. The number of nitrogens with zero attached hydrogens (tertiary/aromatic N) is 3. The number of amides is 2. The Morgan fingerprint density at radius 1 is 1.22 bits per heavy atom. The smallest absolute Gasteiger partial charge is 0.255 e. The van der Waals surface area contributed by atoms with E-state index in [0.717, 1.165) is 35.4 Å². The summed E-state index contributed by atoms with van der Waals surface area (Å²) in [7, 11) is 1.67.